The highest BCUT2D eigenvalue weighted by Crippen LogP contribution is 2.65. The first-order valence-electron chi connectivity index (χ1n) is 11.1. The second-order valence-corrected chi connectivity index (χ2v) is 10.5. The summed E-state index contributed by atoms with van der Waals surface area (Å²) in [6.07, 6.45) is -1.57. The molecule has 162 valence electrons. The van der Waals surface area contributed by atoms with Crippen LogP contribution >= 0.6 is 0 Å². The van der Waals surface area contributed by atoms with Crippen molar-refractivity contribution in [3.63, 3.8) is 0 Å². The van der Waals surface area contributed by atoms with E-state index < -0.39 is 24.7 Å². The van der Waals surface area contributed by atoms with Crippen LogP contribution in [0.25, 0.3) is 0 Å². The van der Waals surface area contributed by atoms with E-state index in [9.17, 15) is 26.3 Å². The largest absolute Gasteiger partial charge is 0.391 e. The van der Waals surface area contributed by atoms with E-state index in [1.807, 2.05) is 0 Å². The number of fused-ring (bicyclic) bond motifs is 5. The third kappa shape index (κ3) is 3.71. The van der Waals surface area contributed by atoms with Gasteiger partial charge in [-0.25, -0.2) is 0 Å². The molecule has 0 radical (unpaired) electrons. The molecule has 4 rings (SSSR count). The first-order valence-corrected chi connectivity index (χ1v) is 11.1. The van der Waals surface area contributed by atoms with Gasteiger partial charge in [-0.1, -0.05) is 6.92 Å². The lowest BCUT2D eigenvalue weighted by atomic mass is 9.49. The van der Waals surface area contributed by atoms with Crippen molar-refractivity contribution >= 4 is 0 Å². The highest BCUT2D eigenvalue weighted by Gasteiger charge is 2.58. The van der Waals surface area contributed by atoms with Crippen molar-refractivity contribution in [1.29, 1.82) is 0 Å². The number of hydrogen-bond acceptors (Lipinski definition) is 0. The molecule has 4 fully saturated rings. The summed E-state index contributed by atoms with van der Waals surface area (Å²) in [4.78, 5) is 0. The lowest BCUT2D eigenvalue weighted by molar-refractivity contribution is -0.196. The van der Waals surface area contributed by atoms with E-state index in [2.05, 4.69) is 6.92 Å². The van der Waals surface area contributed by atoms with Crippen molar-refractivity contribution in [3.05, 3.63) is 0 Å². The van der Waals surface area contributed by atoms with Gasteiger partial charge in [-0.3, -0.25) is 0 Å². The molecule has 0 N–H and O–H groups in total. The predicted molar refractivity (Wildman–Crippen MR) is 95.4 cm³/mol. The fourth-order valence-electron chi connectivity index (χ4n) is 8.07. The quantitative estimate of drug-likeness (QED) is 0.408. The Labute approximate surface area is 163 Å². The van der Waals surface area contributed by atoms with Crippen LogP contribution in [0, 0.1) is 46.8 Å². The summed E-state index contributed by atoms with van der Waals surface area (Å²) < 4.78 is 77.8. The molecule has 0 aromatic rings. The molecular formula is C22H32F6. The van der Waals surface area contributed by atoms with Gasteiger partial charge in [0, 0.05) is 6.42 Å². The maximum absolute atomic E-state index is 13.2. The van der Waals surface area contributed by atoms with E-state index in [-0.39, 0.29) is 30.1 Å². The third-order valence-electron chi connectivity index (χ3n) is 9.39. The Kier molecular flexibility index (Phi) is 5.27. The summed E-state index contributed by atoms with van der Waals surface area (Å²) in [6, 6.07) is 0. The minimum Gasteiger partial charge on any atom is -0.171 e. The molecule has 0 amide bonds. The van der Waals surface area contributed by atoms with Crippen LogP contribution in [0.2, 0.25) is 0 Å². The molecule has 8 atom stereocenters. The van der Waals surface area contributed by atoms with E-state index in [0.717, 1.165) is 38.5 Å². The topological polar surface area (TPSA) is 0 Å². The molecule has 4 aliphatic carbocycles. The number of rotatable bonds is 2. The van der Waals surface area contributed by atoms with Crippen LogP contribution in [0.15, 0.2) is 0 Å². The van der Waals surface area contributed by atoms with Gasteiger partial charge in [0.2, 0.25) is 0 Å². The lowest BCUT2D eigenvalue weighted by Crippen LogP contribution is -2.49. The molecule has 4 saturated carbocycles. The Balaban J connectivity index is 1.44. The van der Waals surface area contributed by atoms with Crippen LogP contribution in [0.3, 0.4) is 0 Å². The van der Waals surface area contributed by atoms with Gasteiger partial charge in [-0.15, -0.1) is 0 Å². The average Bonchev–Trinajstić information content (AvgIpc) is 2.94. The second kappa shape index (κ2) is 7.08. The smallest absolute Gasteiger partial charge is 0.171 e. The summed E-state index contributed by atoms with van der Waals surface area (Å²) in [5.74, 6) is 1.15. The molecule has 4 aliphatic rings. The first kappa shape index (κ1) is 20.8. The SMILES string of the molecule is C[C@]12CCC3[C@@H](CC[C@@H]4C[C@@H](C(F)(F)F)CC[C@H]34)C1CCC2CCC(F)(F)F. The Morgan fingerprint density at radius 3 is 2.18 bits per heavy atom. The minimum absolute atomic E-state index is 0.00241. The molecule has 0 bridgehead atoms. The summed E-state index contributed by atoms with van der Waals surface area (Å²) in [6.45, 7) is 2.22. The maximum atomic E-state index is 13.2. The molecule has 0 heterocycles. The van der Waals surface area contributed by atoms with Crippen molar-refractivity contribution in [1.82, 2.24) is 0 Å². The molecule has 6 heteroatoms. The average molecular weight is 410 g/mol. The Morgan fingerprint density at radius 2 is 1.50 bits per heavy atom. The fourth-order valence-corrected chi connectivity index (χ4v) is 8.07. The monoisotopic (exact) mass is 410 g/mol. The minimum atomic E-state index is -4.08. The van der Waals surface area contributed by atoms with E-state index in [0.29, 0.717) is 36.5 Å². The molecule has 3 unspecified atom stereocenters. The van der Waals surface area contributed by atoms with Crippen molar-refractivity contribution < 1.29 is 26.3 Å². The van der Waals surface area contributed by atoms with Crippen LogP contribution in [0.5, 0.6) is 0 Å². The summed E-state index contributed by atoms with van der Waals surface area (Å²) >= 11 is 0. The van der Waals surface area contributed by atoms with Gasteiger partial charge in [-0.2, -0.15) is 26.3 Å². The van der Waals surface area contributed by atoms with Gasteiger partial charge in [0.15, 0.2) is 0 Å². The van der Waals surface area contributed by atoms with E-state index in [1.54, 1.807) is 0 Å². The molecular weight excluding hydrogens is 378 g/mol. The van der Waals surface area contributed by atoms with Gasteiger partial charge in [0.25, 0.3) is 0 Å². The maximum Gasteiger partial charge on any atom is 0.391 e. The normalized spacial score (nSPS) is 46.6. The molecule has 0 aromatic carbocycles. The summed E-state index contributed by atoms with van der Waals surface area (Å²) in [5.41, 5.74) is 0.00241. The number of halogens is 6. The third-order valence-corrected chi connectivity index (χ3v) is 9.39. The highest BCUT2D eigenvalue weighted by atomic mass is 19.4. The zero-order chi connectivity index (χ0) is 20.3. The van der Waals surface area contributed by atoms with Gasteiger partial charge in [0.1, 0.15) is 0 Å². The van der Waals surface area contributed by atoms with E-state index in [4.69, 9.17) is 0 Å². The highest BCUT2D eigenvalue weighted by molar-refractivity contribution is 5.06. The zero-order valence-corrected chi connectivity index (χ0v) is 16.6. The van der Waals surface area contributed by atoms with Crippen molar-refractivity contribution in [3.8, 4) is 0 Å². The van der Waals surface area contributed by atoms with Crippen molar-refractivity contribution in [2.45, 2.75) is 89.9 Å². The van der Waals surface area contributed by atoms with Crippen LogP contribution in [-0.4, -0.2) is 12.4 Å². The van der Waals surface area contributed by atoms with Crippen LogP contribution in [-0.2, 0) is 0 Å². The van der Waals surface area contributed by atoms with Crippen molar-refractivity contribution in [2.24, 2.45) is 46.8 Å². The Morgan fingerprint density at radius 1 is 0.786 bits per heavy atom. The second-order valence-electron chi connectivity index (χ2n) is 10.5. The number of hydrogen-bond donors (Lipinski definition) is 0. The Hall–Kier alpha value is -0.420. The van der Waals surface area contributed by atoms with Gasteiger partial charge < -0.3 is 0 Å². The fraction of sp³-hybridized carbons (Fsp3) is 1.00. The molecule has 0 saturated heterocycles. The lowest BCUT2D eigenvalue weighted by Gasteiger charge is -2.56. The molecule has 0 spiro atoms. The van der Waals surface area contributed by atoms with Gasteiger partial charge in [0.05, 0.1) is 5.92 Å². The van der Waals surface area contributed by atoms with E-state index in [1.165, 1.54) is 0 Å². The van der Waals surface area contributed by atoms with Gasteiger partial charge >= 0.3 is 12.4 Å². The standard InChI is InChI=1S/C22H32F6/c1-20-10-9-17-16-6-3-15(22(26,27)28)12-13(16)2-5-18(17)19(20)7-4-14(20)8-11-21(23,24)25/h13-19H,2-12H2,1H3/t13-,14?,15+,16+,17?,18-,19?,20-/m1/s1. The molecule has 0 aromatic heterocycles. The molecule has 0 aliphatic heterocycles. The predicted octanol–water partition coefficient (Wildman–Crippen LogP) is 7.78. The number of alkyl halides is 6. The Bertz CT molecular complexity index is 566. The summed E-state index contributed by atoms with van der Waals surface area (Å²) in [7, 11) is 0. The molecule has 0 nitrogen and oxygen atoms in total. The van der Waals surface area contributed by atoms with Crippen LogP contribution < -0.4 is 0 Å². The van der Waals surface area contributed by atoms with Crippen LogP contribution in [0.1, 0.15) is 77.6 Å². The van der Waals surface area contributed by atoms with Crippen molar-refractivity contribution in [2.75, 3.05) is 0 Å². The zero-order valence-electron chi connectivity index (χ0n) is 16.6. The van der Waals surface area contributed by atoms with E-state index >= 15 is 0 Å². The van der Waals surface area contributed by atoms with Gasteiger partial charge in [-0.05, 0) is 105 Å². The van der Waals surface area contributed by atoms with Crippen LogP contribution in [0.4, 0.5) is 26.3 Å². The summed E-state index contributed by atoms with van der Waals surface area (Å²) in [5, 5.41) is 0. The first-order chi connectivity index (χ1) is 13.0. The molecule has 28 heavy (non-hydrogen) atoms.